The molecule has 2 aromatic carbocycles. The lowest BCUT2D eigenvalue weighted by atomic mass is 9.89. The van der Waals surface area contributed by atoms with E-state index < -0.39 is 0 Å². The molecule has 1 unspecified atom stereocenters. The van der Waals surface area contributed by atoms with Crippen molar-refractivity contribution in [3.8, 4) is 0 Å². The molecule has 0 amide bonds. The van der Waals surface area contributed by atoms with Crippen molar-refractivity contribution in [3.05, 3.63) is 65.7 Å². The molecule has 0 saturated carbocycles. The second-order valence-electron chi connectivity index (χ2n) is 6.06. The summed E-state index contributed by atoms with van der Waals surface area (Å²) in [6.45, 7) is 1.38. The zero-order valence-electron chi connectivity index (χ0n) is 14.4. The monoisotopic (exact) mass is 451 g/mol. The smallest absolute Gasteiger partial charge is 0.193 e. The molecule has 4 nitrogen and oxygen atoms in total. The average molecular weight is 451 g/mol. The molecule has 25 heavy (non-hydrogen) atoms. The molecule has 0 aliphatic heterocycles. The molecule has 134 valence electrons. The van der Waals surface area contributed by atoms with Crippen LogP contribution in [0.1, 0.15) is 36.5 Å². The number of hydrogen-bond acceptors (Lipinski definition) is 2. The zero-order valence-corrected chi connectivity index (χ0v) is 16.7. The van der Waals surface area contributed by atoms with E-state index in [0.29, 0.717) is 19.1 Å². The number of aliphatic imine (C=N–C) groups is 1. The number of hydrogen-bond donors (Lipinski definition) is 2. The van der Waals surface area contributed by atoms with E-state index in [1.54, 1.807) is 0 Å². The highest BCUT2D eigenvalue weighted by Crippen LogP contribution is 2.32. The lowest BCUT2D eigenvalue weighted by molar-refractivity contribution is 0.0403. The van der Waals surface area contributed by atoms with Crippen LogP contribution in [-0.2, 0) is 11.2 Å². The first-order valence-corrected chi connectivity index (χ1v) is 8.64. The van der Waals surface area contributed by atoms with Crippen LogP contribution in [0.4, 0.5) is 5.69 Å². The Bertz CT molecular complexity index is 676. The van der Waals surface area contributed by atoms with Gasteiger partial charge in [-0.05, 0) is 48.9 Å². The normalized spacial score (nSPS) is 16.6. The Kier molecular flexibility index (Phi) is 8.21. The Morgan fingerprint density at radius 3 is 2.72 bits per heavy atom. The van der Waals surface area contributed by atoms with Gasteiger partial charge in [0.2, 0.25) is 0 Å². The minimum atomic E-state index is 0. The summed E-state index contributed by atoms with van der Waals surface area (Å²) in [5.74, 6) is 0.448. The van der Waals surface area contributed by atoms with Gasteiger partial charge in [0, 0.05) is 18.8 Å². The molecule has 1 aliphatic carbocycles. The molecule has 1 atom stereocenters. The molecule has 0 bridgehead atoms. The van der Waals surface area contributed by atoms with Crippen molar-refractivity contribution in [2.24, 2.45) is 10.7 Å². The second-order valence-corrected chi connectivity index (χ2v) is 6.06. The van der Waals surface area contributed by atoms with Gasteiger partial charge in [-0.15, -0.1) is 24.0 Å². The predicted molar refractivity (Wildman–Crippen MR) is 115 cm³/mol. The van der Waals surface area contributed by atoms with Crippen molar-refractivity contribution in [1.29, 1.82) is 0 Å². The number of ether oxygens (including phenoxy) is 1. The Balaban J connectivity index is 0.00000225. The summed E-state index contributed by atoms with van der Waals surface area (Å²) in [6, 6.07) is 18.4. The number of benzene rings is 2. The van der Waals surface area contributed by atoms with Gasteiger partial charge in [-0.25, -0.2) is 0 Å². The van der Waals surface area contributed by atoms with E-state index >= 15 is 0 Å². The number of para-hydroxylation sites is 1. The summed E-state index contributed by atoms with van der Waals surface area (Å²) >= 11 is 0. The van der Waals surface area contributed by atoms with Crippen molar-refractivity contribution in [1.82, 2.24) is 0 Å². The molecule has 0 aromatic heterocycles. The van der Waals surface area contributed by atoms with E-state index in [9.17, 15) is 0 Å². The maximum absolute atomic E-state index is 6.08. The molecule has 5 heteroatoms. The number of nitrogens with two attached hydrogens (primary N) is 1. The van der Waals surface area contributed by atoms with E-state index in [4.69, 9.17) is 10.5 Å². The summed E-state index contributed by atoms with van der Waals surface area (Å²) in [6.07, 6.45) is 4.59. The summed E-state index contributed by atoms with van der Waals surface area (Å²) in [4.78, 5) is 4.35. The number of guanidine groups is 1. The maximum Gasteiger partial charge on any atom is 0.193 e. The van der Waals surface area contributed by atoms with Crippen molar-refractivity contribution in [3.63, 3.8) is 0 Å². The fourth-order valence-electron chi connectivity index (χ4n) is 3.08. The maximum atomic E-state index is 6.08. The first kappa shape index (κ1) is 19.7. The SMILES string of the molecule is I.NC(=NCCCOC1CCCc2ccccc21)Nc1ccccc1. The van der Waals surface area contributed by atoms with Crippen molar-refractivity contribution in [2.75, 3.05) is 18.5 Å². The van der Waals surface area contributed by atoms with Gasteiger partial charge in [-0.2, -0.15) is 0 Å². The van der Waals surface area contributed by atoms with Gasteiger partial charge in [-0.3, -0.25) is 4.99 Å². The third-order valence-corrected chi connectivity index (χ3v) is 4.26. The third-order valence-electron chi connectivity index (χ3n) is 4.26. The Labute approximate surface area is 166 Å². The quantitative estimate of drug-likeness (QED) is 0.294. The van der Waals surface area contributed by atoms with Gasteiger partial charge in [0.15, 0.2) is 5.96 Å². The minimum absolute atomic E-state index is 0. The standard InChI is InChI=1S/C20H25N3O.HI/c21-20(23-17-10-2-1-3-11-17)22-14-7-15-24-19-13-6-9-16-8-4-5-12-18(16)19;/h1-5,8,10-12,19H,6-7,9,13-15H2,(H3,21,22,23);1H. The molecule has 2 aromatic rings. The van der Waals surface area contributed by atoms with Gasteiger partial charge in [-0.1, -0.05) is 42.5 Å². The van der Waals surface area contributed by atoms with Crippen LogP contribution < -0.4 is 11.1 Å². The van der Waals surface area contributed by atoms with E-state index in [0.717, 1.165) is 18.5 Å². The van der Waals surface area contributed by atoms with Crippen LogP contribution in [0.2, 0.25) is 0 Å². The molecule has 0 fully saturated rings. The van der Waals surface area contributed by atoms with Crippen LogP contribution in [0.5, 0.6) is 0 Å². The molecular weight excluding hydrogens is 425 g/mol. The topological polar surface area (TPSA) is 59.6 Å². The average Bonchev–Trinajstić information content (AvgIpc) is 2.62. The van der Waals surface area contributed by atoms with Crippen LogP contribution >= 0.6 is 24.0 Å². The number of rotatable bonds is 6. The highest BCUT2D eigenvalue weighted by molar-refractivity contribution is 14.0. The van der Waals surface area contributed by atoms with Crippen LogP contribution in [0.3, 0.4) is 0 Å². The first-order chi connectivity index (χ1) is 11.8. The van der Waals surface area contributed by atoms with Gasteiger partial charge in [0.25, 0.3) is 0 Å². The van der Waals surface area contributed by atoms with Crippen molar-refractivity contribution < 1.29 is 4.74 Å². The lowest BCUT2D eigenvalue weighted by Crippen LogP contribution is -2.23. The van der Waals surface area contributed by atoms with Crippen LogP contribution in [0.15, 0.2) is 59.6 Å². The van der Waals surface area contributed by atoms with Crippen LogP contribution in [-0.4, -0.2) is 19.1 Å². The fraction of sp³-hybridized carbons (Fsp3) is 0.350. The molecule has 0 saturated heterocycles. The largest absolute Gasteiger partial charge is 0.373 e. The van der Waals surface area contributed by atoms with E-state index in [1.807, 2.05) is 30.3 Å². The number of halogens is 1. The minimum Gasteiger partial charge on any atom is -0.373 e. The molecule has 0 spiro atoms. The first-order valence-electron chi connectivity index (χ1n) is 8.64. The van der Waals surface area contributed by atoms with Gasteiger partial charge < -0.3 is 15.8 Å². The fourth-order valence-corrected chi connectivity index (χ4v) is 3.08. The lowest BCUT2D eigenvalue weighted by Gasteiger charge is -2.25. The molecule has 0 radical (unpaired) electrons. The molecule has 3 N–H and O–H groups in total. The van der Waals surface area contributed by atoms with E-state index in [-0.39, 0.29) is 30.1 Å². The highest BCUT2D eigenvalue weighted by atomic mass is 127. The van der Waals surface area contributed by atoms with Gasteiger partial charge >= 0.3 is 0 Å². The van der Waals surface area contributed by atoms with Crippen molar-refractivity contribution in [2.45, 2.75) is 31.8 Å². The Morgan fingerprint density at radius 2 is 1.88 bits per heavy atom. The van der Waals surface area contributed by atoms with Crippen LogP contribution in [0, 0.1) is 0 Å². The third kappa shape index (κ3) is 6.01. The summed E-state index contributed by atoms with van der Waals surface area (Å²) in [5.41, 5.74) is 9.64. The molecular formula is C20H26IN3O. The number of anilines is 1. The number of aryl methyl sites for hydroxylation is 1. The summed E-state index contributed by atoms with van der Waals surface area (Å²) in [5, 5.41) is 3.08. The second kappa shape index (κ2) is 10.4. The summed E-state index contributed by atoms with van der Waals surface area (Å²) in [7, 11) is 0. The Hall–Kier alpha value is -1.60. The van der Waals surface area contributed by atoms with E-state index in [2.05, 4.69) is 34.6 Å². The van der Waals surface area contributed by atoms with Crippen molar-refractivity contribution >= 4 is 35.6 Å². The van der Waals surface area contributed by atoms with Gasteiger partial charge in [0.05, 0.1) is 6.10 Å². The molecule has 3 rings (SSSR count). The van der Waals surface area contributed by atoms with Crippen LogP contribution in [0.25, 0.3) is 0 Å². The Morgan fingerprint density at radius 1 is 1.12 bits per heavy atom. The predicted octanol–water partition coefficient (Wildman–Crippen LogP) is 4.52. The number of nitrogens with one attached hydrogen (secondary N) is 1. The molecule has 0 heterocycles. The number of nitrogens with zero attached hydrogens (tertiary/aromatic N) is 1. The molecule has 1 aliphatic rings. The number of fused-ring (bicyclic) bond motifs is 1. The van der Waals surface area contributed by atoms with E-state index in [1.165, 1.54) is 24.0 Å². The summed E-state index contributed by atoms with van der Waals surface area (Å²) < 4.78 is 6.08. The van der Waals surface area contributed by atoms with Gasteiger partial charge in [0.1, 0.15) is 0 Å². The zero-order chi connectivity index (χ0) is 16.6. The highest BCUT2D eigenvalue weighted by Gasteiger charge is 2.19.